The summed E-state index contributed by atoms with van der Waals surface area (Å²) in [6.07, 6.45) is 3.93. The Morgan fingerprint density at radius 2 is 2.16 bits per heavy atom. The van der Waals surface area contributed by atoms with E-state index in [-0.39, 0.29) is 5.02 Å². The molecule has 1 N–H and O–H groups in total. The van der Waals surface area contributed by atoms with Crippen LogP contribution in [-0.2, 0) is 4.74 Å². The van der Waals surface area contributed by atoms with Gasteiger partial charge in [-0.15, -0.1) is 0 Å². The van der Waals surface area contributed by atoms with E-state index >= 15 is 0 Å². The van der Waals surface area contributed by atoms with Crippen molar-refractivity contribution in [1.29, 1.82) is 0 Å². The van der Waals surface area contributed by atoms with Crippen molar-refractivity contribution in [3.05, 3.63) is 47.5 Å². The minimum atomic E-state index is -0.473. The van der Waals surface area contributed by atoms with Crippen LogP contribution in [0.1, 0.15) is 12.8 Å². The largest absolute Gasteiger partial charge is 0.493 e. The fourth-order valence-electron chi connectivity index (χ4n) is 4.35. The maximum absolute atomic E-state index is 13.5. The van der Waals surface area contributed by atoms with Crippen LogP contribution in [0.2, 0.25) is 5.02 Å². The Morgan fingerprint density at radius 3 is 2.91 bits per heavy atom. The first-order valence-corrected chi connectivity index (χ1v) is 11.0. The second-order valence-corrected chi connectivity index (χ2v) is 8.45. The lowest BCUT2D eigenvalue weighted by molar-refractivity contribution is 0.0288. The van der Waals surface area contributed by atoms with Gasteiger partial charge in [0.25, 0.3) is 0 Å². The number of fused-ring (bicyclic) bond motifs is 3. The normalized spacial score (nSPS) is 20.1. The average molecular weight is 459 g/mol. The molecule has 0 aliphatic carbocycles. The summed E-state index contributed by atoms with van der Waals surface area (Å²) >= 11 is 5.91. The average Bonchev–Trinajstić information content (AvgIpc) is 3.42. The van der Waals surface area contributed by atoms with Crippen LogP contribution >= 0.6 is 11.6 Å². The van der Waals surface area contributed by atoms with Crippen LogP contribution in [0.3, 0.4) is 0 Å². The van der Waals surface area contributed by atoms with Crippen molar-refractivity contribution >= 4 is 34.0 Å². The molecule has 0 saturated carbocycles. The first-order valence-electron chi connectivity index (χ1n) is 10.6. The zero-order valence-corrected chi connectivity index (χ0v) is 18.4. The zero-order chi connectivity index (χ0) is 22.1. The van der Waals surface area contributed by atoms with E-state index in [0.717, 1.165) is 37.9 Å². The summed E-state index contributed by atoms with van der Waals surface area (Å²) in [5, 5.41) is 3.98. The quantitative estimate of drug-likeness (QED) is 0.501. The highest BCUT2D eigenvalue weighted by Crippen LogP contribution is 2.35. The van der Waals surface area contributed by atoms with Crippen molar-refractivity contribution in [3.8, 4) is 11.5 Å². The molecule has 168 valence electrons. The molecule has 2 bridgehead atoms. The molecule has 2 saturated heterocycles. The molecule has 2 aliphatic rings. The van der Waals surface area contributed by atoms with Crippen molar-refractivity contribution < 1.29 is 18.6 Å². The van der Waals surface area contributed by atoms with Gasteiger partial charge in [0.2, 0.25) is 0 Å². The summed E-state index contributed by atoms with van der Waals surface area (Å²) in [5.41, 5.74) is 1.33. The van der Waals surface area contributed by atoms with E-state index in [9.17, 15) is 4.39 Å². The standard InChI is InChI=1S/C23H24ClFN4O3/c1-30-21-10-20-17(23(27-13-26-20)28-14-3-4-19(25)18(24)7-14)9-22(21)31-6-2-5-29-11-16-8-15(29)12-32-16/h3-4,7,9-10,13,15-16H,2,5-6,8,11-12H2,1H3,(H,26,27,28). The Balaban J connectivity index is 1.31. The van der Waals surface area contributed by atoms with Crippen molar-refractivity contribution in [2.24, 2.45) is 0 Å². The van der Waals surface area contributed by atoms with Gasteiger partial charge in [-0.1, -0.05) is 11.6 Å². The van der Waals surface area contributed by atoms with E-state index < -0.39 is 5.82 Å². The second-order valence-electron chi connectivity index (χ2n) is 8.04. The number of aromatic nitrogens is 2. The number of ether oxygens (including phenoxy) is 3. The van der Waals surface area contributed by atoms with Crippen molar-refractivity contribution in [2.45, 2.75) is 25.0 Å². The van der Waals surface area contributed by atoms with Gasteiger partial charge in [0.15, 0.2) is 11.5 Å². The van der Waals surface area contributed by atoms with Gasteiger partial charge in [0.05, 0.1) is 37.0 Å². The molecule has 2 atom stereocenters. The summed E-state index contributed by atoms with van der Waals surface area (Å²) < 4.78 is 30.8. The Kier molecular flexibility index (Phi) is 5.99. The second kappa shape index (κ2) is 9.05. The highest BCUT2D eigenvalue weighted by atomic mass is 35.5. The molecule has 2 aromatic carbocycles. The van der Waals surface area contributed by atoms with Gasteiger partial charge < -0.3 is 19.5 Å². The highest BCUT2D eigenvalue weighted by Gasteiger charge is 2.38. The Bertz CT molecular complexity index is 1130. The molecular formula is C23H24ClFN4O3. The zero-order valence-electron chi connectivity index (χ0n) is 17.7. The predicted octanol–water partition coefficient (Wildman–Crippen LogP) is 4.42. The van der Waals surface area contributed by atoms with Gasteiger partial charge in [-0.25, -0.2) is 14.4 Å². The number of nitrogens with zero attached hydrogens (tertiary/aromatic N) is 3. The number of halogens is 2. The number of anilines is 2. The summed E-state index contributed by atoms with van der Waals surface area (Å²) in [4.78, 5) is 11.2. The molecule has 2 unspecified atom stereocenters. The molecule has 0 amide bonds. The molecule has 7 nitrogen and oxygen atoms in total. The number of benzene rings is 2. The third-order valence-corrected chi connectivity index (χ3v) is 6.25. The number of rotatable bonds is 8. The number of hydrogen-bond donors (Lipinski definition) is 1. The molecule has 5 rings (SSSR count). The van der Waals surface area contributed by atoms with Gasteiger partial charge in [-0.3, -0.25) is 4.90 Å². The number of methoxy groups -OCH3 is 1. The Morgan fingerprint density at radius 1 is 1.25 bits per heavy atom. The van der Waals surface area contributed by atoms with Crippen LogP contribution in [0.25, 0.3) is 10.9 Å². The number of nitrogens with one attached hydrogen (secondary N) is 1. The summed E-state index contributed by atoms with van der Waals surface area (Å²) in [6, 6.07) is 8.68. The fourth-order valence-corrected chi connectivity index (χ4v) is 4.53. The van der Waals surface area contributed by atoms with Gasteiger partial charge in [-0.2, -0.15) is 0 Å². The molecular weight excluding hydrogens is 435 g/mol. The minimum absolute atomic E-state index is 0.0387. The number of morpholine rings is 1. The maximum Gasteiger partial charge on any atom is 0.162 e. The van der Waals surface area contributed by atoms with E-state index in [1.807, 2.05) is 12.1 Å². The lowest BCUT2D eigenvalue weighted by Gasteiger charge is -2.26. The van der Waals surface area contributed by atoms with Gasteiger partial charge in [0, 0.05) is 36.3 Å². The molecule has 3 heterocycles. The smallest absolute Gasteiger partial charge is 0.162 e. The van der Waals surface area contributed by atoms with Gasteiger partial charge in [0.1, 0.15) is 18.0 Å². The first-order chi connectivity index (χ1) is 15.6. The molecule has 0 radical (unpaired) electrons. The topological polar surface area (TPSA) is 68.7 Å². The molecule has 3 aromatic rings. The van der Waals surface area contributed by atoms with Crippen LogP contribution in [-0.4, -0.2) is 60.4 Å². The molecule has 9 heteroatoms. The number of likely N-dealkylation sites (tertiary alicyclic amines) is 1. The third-order valence-electron chi connectivity index (χ3n) is 5.96. The van der Waals surface area contributed by atoms with Crippen LogP contribution in [0.5, 0.6) is 11.5 Å². The van der Waals surface area contributed by atoms with Crippen LogP contribution in [0, 0.1) is 5.82 Å². The predicted molar refractivity (Wildman–Crippen MR) is 121 cm³/mol. The van der Waals surface area contributed by atoms with E-state index in [1.165, 1.54) is 18.5 Å². The van der Waals surface area contributed by atoms with Crippen molar-refractivity contribution in [2.75, 3.05) is 38.7 Å². The Labute approximate surface area is 190 Å². The monoisotopic (exact) mass is 458 g/mol. The van der Waals surface area contributed by atoms with Gasteiger partial charge in [-0.05, 0) is 37.1 Å². The van der Waals surface area contributed by atoms with Crippen LogP contribution < -0.4 is 14.8 Å². The third kappa shape index (κ3) is 4.30. The lowest BCUT2D eigenvalue weighted by atomic mass is 10.2. The molecule has 2 fully saturated rings. The molecule has 32 heavy (non-hydrogen) atoms. The maximum atomic E-state index is 13.5. The summed E-state index contributed by atoms with van der Waals surface area (Å²) in [5.74, 6) is 1.33. The van der Waals surface area contributed by atoms with E-state index in [1.54, 1.807) is 13.2 Å². The molecule has 1 aromatic heterocycles. The Hall–Kier alpha value is -2.68. The fraction of sp³-hybridized carbons (Fsp3) is 0.391. The van der Waals surface area contributed by atoms with Crippen LogP contribution in [0.15, 0.2) is 36.7 Å². The van der Waals surface area contributed by atoms with E-state index in [0.29, 0.717) is 47.3 Å². The lowest BCUT2D eigenvalue weighted by Crippen LogP contribution is -2.37. The number of hydrogen-bond acceptors (Lipinski definition) is 7. The van der Waals surface area contributed by atoms with Crippen molar-refractivity contribution in [3.63, 3.8) is 0 Å². The van der Waals surface area contributed by atoms with Crippen molar-refractivity contribution in [1.82, 2.24) is 14.9 Å². The summed E-state index contributed by atoms with van der Waals surface area (Å²) in [7, 11) is 1.61. The SMILES string of the molecule is COc1cc2ncnc(Nc3ccc(F)c(Cl)c3)c2cc1OCCCN1CC2CC1CO2. The summed E-state index contributed by atoms with van der Waals surface area (Å²) in [6.45, 7) is 3.42. The molecule has 2 aliphatic heterocycles. The molecule has 0 spiro atoms. The highest BCUT2D eigenvalue weighted by molar-refractivity contribution is 6.31. The minimum Gasteiger partial charge on any atom is -0.493 e. The van der Waals surface area contributed by atoms with E-state index in [4.69, 9.17) is 25.8 Å². The first kappa shape index (κ1) is 21.2. The van der Waals surface area contributed by atoms with Gasteiger partial charge >= 0.3 is 0 Å². The van der Waals surface area contributed by atoms with E-state index in [2.05, 4.69) is 20.2 Å². The van der Waals surface area contributed by atoms with Crippen LogP contribution in [0.4, 0.5) is 15.9 Å².